The normalized spacial score (nSPS) is 27.2. The van der Waals surface area contributed by atoms with E-state index in [1.165, 1.54) is 18.7 Å². The van der Waals surface area contributed by atoms with E-state index in [-0.39, 0.29) is 28.7 Å². The zero-order chi connectivity index (χ0) is 16.6. The molecule has 0 radical (unpaired) electrons. The lowest BCUT2D eigenvalue weighted by molar-refractivity contribution is -0.115. The third kappa shape index (κ3) is 3.37. The van der Waals surface area contributed by atoms with Crippen LogP contribution >= 0.6 is 11.8 Å². The fraction of sp³-hybridized carbons (Fsp3) is 0.467. The van der Waals surface area contributed by atoms with Crippen LogP contribution in [0.4, 0.5) is 0 Å². The van der Waals surface area contributed by atoms with Crippen molar-refractivity contribution in [1.29, 1.82) is 0 Å². The molecular formula is C15H18N2O4S2. The molecule has 0 bridgehead atoms. The van der Waals surface area contributed by atoms with Crippen molar-refractivity contribution >= 4 is 32.7 Å². The minimum Gasteiger partial charge on any atom is -0.496 e. The molecule has 0 N–H and O–H groups in total. The Bertz CT molecular complexity index is 760. The number of thioether (sulfide) groups is 1. The maximum absolute atomic E-state index is 11.9. The van der Waals surface area contributed by atoms with E-state index < -0.39 is 9.84 Å². The highest BCUT2D eigenvalue weighted by atomic mass is 32.2. The van der Waals surface area contributed by atoms with E-state index in [4.69, 9.17) is 4.74 Å². The number of hydrogen-bond acceptors (Lipinski definition) is 5. The monoisotopic (exact) mass is 354 g/mol. The summed E-state index contributed by atoms with van der Waals surface area (Å²) in [5.41, 5.74) is 0.941. The predicted octanol–water partition coefficient (Wildman–Crippen LogP) is 1.31. The molecule has 1 aromatic carbocycles. The van der Waals surface area contributed by atoms with Crippen LogP contribution in [0.3, 0.4) is 0 Å². The van der Waals surface area contributed by atoms with Gasteiger partial charge in [0.05, 0.1) is 24.7 Å². The van der Waals surface area contributed by atoms with Crippen molar-refractivity contribution in [2.75, 3.05) is 18.6 Å². The standard InChI is InChI=1S/C15H18N2O4S2/c1-10(18)16-15-17(7-11-5-3-4-6-13(11)21-2)12-8-23(19,20)9-14(12)22-15/h3-6,12,14H,7-9H2,1-2H3. The van der Waals surface area contributed by atoms with Gasteiger partial charge in [-0.3, -0.25) is 4.79 Å². The molecule has 0 aromatic heterocycles. The minimum atomic E-state index is -3.03. The zero-order valence-corrected chi connectivity index (χ0v) is 14.6. The van der Waals surface area contributed by atoms with Crippen molar-refractivity contribution in [2.45, 2.75) is 24.8 Å². The summed E-state index contributed by atoms with van der Waals surface area (Å²) in [5.74, 6) is 0.711. The van der Waals surface area contributed by atoms with Gasteiger partial charge in [-0.05, 0) is 6.07 Å². The Morgan fingerprint density at radius 3 is 2.83 bits per heavy atom. The van der Waals surface area contributed by atoms with Crippen molar-refractivity contribution in [3.8, 4) is 5.75 Å². The lowest BCUT2D eigenvalue weighted by Crippen LogP contribution is -2.37. The maximum atomic E-state index is 11.9. The number of methoxy groups -OCH3 is 1. The third-order valence-electron chi connectivity index (χ3n) is 3.96. The van der Waals surface area contributed by atoms with E-state index in [1.807, 2.05) is 29.2 Å². The van der Waals surface area contributed by atoms with Gasteiger partial charge in [0.15, 0.2) is 15.0 Å². The third-order valence-corrected chi connectivity index (χ3v) is 7.21. The molecule has 0 aliphatic carbocycles. The quantitative estimate of drug-likeness (QED) is 0.815. The van der Waals surface area contributed by atoms with Gasteiger partial charge in [-0.15, -0.1) is 0 Å². The topological polar surface area (TPSA) is 76.0 Å². The highest BCUT2D eigenvalue weighted by Gasteiger charge is 2.48. The Hall–Kier alpha value is -1.54. The molecule has 1 aromatic rings. The van der Waals surface area contributed by atoms with E-state index in [9.17, 15) is 13.2 Å². The van der Waals surface area contributed by atoms with Crippen LogP contribution in [0.15, 0.2) is 29.3 Å². The Balaban J connectivity index is 1.93. The SMILES string of the molecule is COc1ccccc1CN1C(=NC(C)=O)SC2CS(=O)(=O)CC21. The lowest BCUT2D eigenvalue weighted by Gasteiger charge is -2.25. The second kappa shape index (κ2) is 6.16. The van der Waals surface area contributed by atoms with E-state index in [0.717, 1.165) is 11.3 Å². The number of para-hydroxylation sites is 1. The van der Waals surface area contributed by atoms with Crippen LogP contribution in [0.1, 0.15) is 12.5 Å². The van der Waals surface area contributed by atoms with Gasteiger partial charge in [-0.25, -0.2) is 8.42 Å². The molecule has 8 heteroatoms. The van der Waals surface area contributed by atoms with Crippen LogP contribution in [0.2, 0.25) is 0 Å². The largest absolute Gasteiger partial charge is 0.496 e. The average Bonchev–Trinajstić information content (AvgIpc) is 2.92. The van der Waals surface area contributed by atoms with Crippen LogP contribution < -0.4 is 4.74 Å². The van der Waals surface area contributed by atoms with Gasteiger partial charge in [0.25, 0.3) is 0 Å². The van der Waals surface area contributed by atoms with E-state index in [1.54, 1.807) is 7.11 Å². The number of carbonyl (C=O) groups is 1. The molecule has 1 amide bonds. The van der Waals surface area contributed by atoms with Crippen LogP contribution in [-0.2, 0) is 21.2 Å². The lowest BCUT2D eigenvalue weighted by atomic mass is 10.1. The molecule has 2 saturated heterocycles. The molecule has 0 saturated carbocycles. The first-order chi connectivity index (χ1) is 10.9. The summed E-state index contributed by atoms with van der Waals surface area (Å²) in [6, 6.07) is 7.45. The number of sulfone groups is 1. The van der Waals surface area contributed by atoms with Gasteiger partial charge in [-0.2, -0.15) is 4.99 Å². The highest BCUT2D eigenvalue weighted by molar-refractivity contribution is 8.15. The number of aliphatic imine (C=N–C) groups is 1. The van der Waals surface area contributed by atoms with Crippen LogP contribution in [0.25, 0.3) is 0 Å². The molecule has 0 spiro atoms. The smallest absolute Gasteiger partial charge is 0.244 e. The Morgan fingerprint density at radius 2 is 2.13 bits per heavy atom. The Morgan fingerprint density at radius 1 is 1.39 bits per heavy atom. The summed E-state index contributed by atoms with van der Waals surface area (Å²) >= 11 is 1.39. The molecule has 3 rings (SSSR count). The second-order valence-corrected chi connectivity index (χ2v) is 9.01. The molecule has 2 atom stereocenters. The summed E-state index contributed by atoms with van der Waals surface area (Å²) in [4.78, 5) is 17.4. The van der Waals surface area contributed by atoms with Gasteiger partial charge in [0.1, 0.15) is 5.75 Å². The van der Waals surface area contributed by atoms with Crippen molar-refractivity contribution in [3.63, 3.8) is 0 Å². The van der Waals surface area contributed by atoms with Gasteiger partial charge in [0, 0.05) is 24.3 Å². The molecule has 2 unspecified atom stereocenters. The van der Waals surface area contributed by atoms with Crippen molar-refractivity contribution in [1.82, 2.24) is 4.90 Å². The van der Waals surface area contributed by atoms with Crippen molar-refractivity contribution < 1.29 is 17.9 Å². The fourth-order valence-corrected chi connectivity index (χ4v) is 6.97. The van der Waals surface area contributed by atoms with Crippen molar-refractivity contribution in [2.24, 2.45) is 4.99 Å². The van der Waals surface area contributed by atoms with Crippen LogP contribution in [-0.4, -0.2) is 54.3 Å². The number of amidine groups is 1. The zero-order valence-electron chi connectivity index (χ0n) is 12.9. The number of ether oxygens (including phenoxy) is 1. The molecular weight excluding hydrogens is 336 g/mol. The second-order valence-electron chi connectivity index (χ2n) is 5.65. The number of benzene rings is 1. The number of rotatable bonds is 3. The van der Waals surface area contributed by atoms with E-state index >= 15 is 0 Å². The van der Waals surface area contributed by atoms with E-state index in [0.29, 0.717) is 11.7 Å². The van der Waals surface area contributed by atoms with Crippen molar-refractivity contribution in [3.05, 3.63) is 29.8 Å². The summed E-state index contributed by atoms with van der Waals surface area (Å²) < 4.78 is 29.2. The summed E-state index contributed by atoms with van der Waals surface area (Å²) in [6.07, 6.45) is 0. The Kier molecular flexibility index (Phi) is 4.37. The number of hydrogen-bond donors (Lipinski definition) is 0. The molecule has 2 heterocycles. The first-order valence-corrected chi connectivity index (χ1v) is 9.94. The molecule has 2 aliphatic heterocycles. The predicted molar refractivity (Wildman–Crippen MR) is 90.5 cm³/mol. The van der Waals surface area contributed by atoms with Gasteiger partial charge in [0.2, 0.25) is 5.91 Å². The summed E-state index contributed by atoms with van der Waals surface area (Å²) in [5, 5.41) is 0.543. The molecule has 2 aliphatic rings. The maximum Gasteiger partial charge on any atom is 0.244 e. The van der Waals surface area contributed by atoms with E-state index in [2.05, 4.69) is 4.99 Å². The fourth-order valence-electron chi connectivity index (χ4n) is 2.97. The Labute approximate surface area is 139 Å². The molecule has 124 valence electrons. The highest BCUT2D eigenvalue weighted by Crippen LogP contribution is 2.39. The van der Waals surface area contributed by atoms with Gasteiger partial charge < -0.3 is 9.64 Å². The van der Waals surface area contributed by atoms with Gasteiger partial charge >= 0.3 is 0 Å². The average molecular weight is 354 g/mol. The first kappa shape index (κ1) is 16.3. The van der Waals surface area contributed by atoms with Crippen LogP contribution in [0.5, 0.6) is 5.75 Å². The number of nitrogens with zero attached hydrogens (tertiary/aromatic N) is 2. The van der Waals surface area contributed by atoms with Gasteiger partial charge in [-0.1, -0.05) is 30.0 Å². The molecule has 6 nitrogen and oxygen atoms in total. The molecule has 23 heavy (non-hydrogen) atoms. The first-order valence-electron chi connectivity index (χ1n) is 7.24. The minimum absolute atomic E-state index is 0.0622. The number of fused-ring (bicyclic) bond motifs is 1. The summed E-state index contributed by atoms with van der Waals surface area (Å²) in [6.45, 7) is 1.87. The number of amides is 1. The summed E-state index contributed by atoms with van der Waals surface area (Å²) in [7, 11) is -1.43. The number of carbonyl (C=O) groups excluding carboxylic acids is 1. The van der Waals surface area contributed by atoms with Crippen LogP contribution in [0, 0.1) is 0 Å². The molecule has 2 fully saturated rings.